The van der Waals surface area contributed by atoms with E-state index in [1.54, 1.807) is 0 Å². The third-order valence-electron chi connectivity index (χ3n) is 1.62. The number of hydrogen-bond donors (Lipinski definition) is 0. The van der Waals surface area contributed by atoms with Crippen molar-refractivity contribution in [3.63, 3.8) is 0 Å². The number of hydrogen-bond acceptors (Lipinski definition) is 3. The number of benzene rings is 1. The zero-order valence-electron chi connectivity index (χ0n) is 8.60. The first-order valence-corrected chi connectivity index (χ1v) is 6.98. The van der Waals surface area contributed by atoms with E-state index in [0.29, 0.717) is 0 Å². The van der Waals surface area contributed by atoms with Gasteiger partial charge in [-0.25, -0.2) is 0 Å². The van der Waals surface area contributed by atoms with Crippen LogP contribution < -0.4 is 9.47 Å². The monoisotopic (exact) mass is 404 g/mol. The molecule has 1 aromatic carbocycles. The topological polar surface area (TPSA) is 35.5 Å². The Morgan fingerprint density at radius 1 is 0.895 bits per heavy atom. The van der Waals surface area contributed by atoms with Gasteiger partial charge >= 0.3 is 7.96 Å². The molecule has 0 saturated heterocycles. The van der Waals surface area contributed by atoms with E-state index in [1.165, 1.54) is 18.2 Å². The quantitative estimate of drug-likeness (QED) is 0.492. The largest absolute Gasteiger partial charge is 0.442 e. The van der Waals surface area contributed by atoms with Gasteiger partial charge < -0.3 is 9.47 Å². The van der Waals surface area contributed by atoms with Crippen LogP contribution in [0, 0.1) is 0 Å². The molecule has 1 aromatic rings. The lowest BCUT2D eigenvalue weighted by Crippen LogP contribution is -2.17. The molecule has 1 rings (SSSR count). The molecule has 0 amide bonds. The molecule has 0 fully saturated rings. The van der Waals surface area contributed by atoms with Gasteiger partial charge in [0.05, 0.1) is 0 Å². The summed E-state index contributed by atoms with van der Waals surface area (Å²) in [7, 11) is 0. The molecular weight excluding hydrogens is 404 g/mol. The molecule has 19 heavy (non-hydrogen) atoms. The van der Waals surface area contributed by atoms with Gasteiger partial charge in [-0.15, -0.1) is 0 Å². The number of carbonyl (C=O) groups excluding carboxylic acids is 1. The van der Waals surface area contributed by atoms with E-state index < -0.39 is 13.2 Å². The maximum atomic E-state index is 11.1. The minimum Gasteiger partial charge on any atom is -0.442 e. The third kappa shape index (κ3) is 6.67. The van der Waals surface area contributed by atoms with E-state index in [1.807, 2.05) is 0 Å². The van der Waals surface area contributed by atoms with Crippen LogP contribution in [0.25, 0.3) is 0 Å². The Bertz CT molecular complexity index is 478. The highest BCUT2D eigenvalue weighted by atomic mass is 35.6. The summed E-state index contributed by atoms with van der Waals surface area (Å²) in [5, 5.41) is -0.741. The highest BCUT2D eigenvalue weighted by Crippen LogP contribution is 2.40. The predicted molar refractivity (Wildman–Crippen MR) is 78.5 cm³/mol. The van der Waals surface area contributed by atoms with Crippen molar-refractivity contribution in [2.24, 2.45) is 0 Å². The highest BCUT2D eigenvalue weighted by Gasteiger charge is 2.28. The molecule has 0 unspecified atom stereocenters. The summed E-state index contributed by atoms with van der Waals surface area (Å²) in [6.07, 6.45) is 0. The van der Waals surface area contributed by atoms with Gasteiger partial charge in [-0.05, 0) is 99.4 Å². The zero-order valence-corrected chi connectivity index (χ0v) is 13.9. The molecule has 106 valence electrons. The maximum Gasteiger partial charge on any atom is 0.338 e. The molecule has 0 saturated carbocycles. The van der Waals surface area contributed by atoms with E-state index >= 15 is 0 Å². The van der Waals surface area contributed by atoms with Crippen molar-refractivity contribution in [2.45, 2.75) is 7.96 Å². The molecule has 0 atom stereocenters. The van der Waals surface area contributed by atoms with Crippen LogP contribution in [-0.2, 0) is 0 Å². The molecule has 0 aromatic heterocycles. The van der Waals surface area contributed by atoms with Crippen molar-refractivity contribution in [3.8, 4) is 11.5 Å². The first-order valence-electron chi connectivity index (χ1n) is 4.33. The minimum atomic E-state index is -2.10. The van der Waals surface area contributed by atoms with Crippen LogP contribution in [0.15, 0.2) is 18.2 Å². The van der Waals surface area contributed by atoms with Crippen molar-refractivity contribution in [3.05, 3.63) is 23.8 Å². The molecule has 0 spiro atoms. The Balaban J connectivity index is 3.19. The maximum absolute atomic E-state index is 11.1. The van der Waals surface area contributed by atoms with Gasteiger partial charge in [-0.3, -0.25) is 4.79 Å². The second-order valence-corrected chi connectivity index (χ2v) is 7.73. The Morgan fingerprint density at radius 3 is 1.79 bits per heavy atom. The van der Waals surface area contributed by atoms with Gasteiger partial charge in [-0.2, -0.15) is 0 Å². The highest BCUT2D eigenvalue weighted by molar-refractivity contribution is 6.68. The molecule has 0 heterocycles. The van der Waals surface area contributed by atoms with Gasteiger partial charge in [-0.1, -0.05) is 0 Å². The fourth-order valence-electron chi connectivity index (χ4n) is 1.04. The second-order valence-electron chi connectivity index (χ2n) is 3.03. The van der Waals surface area contributed by atoms with Gasteiger partial charge in [0.1, 0.15) is 0 Å². The first-order chi connectivity index (χ1) is 8.48. The summed E-state index contributed by atoms with van der Waals surface area (Å²) in [6, 6.07) is 3.79. The number of alkyl halides is 6. The van der Waals surface area contributed by atoms with Gasteiger partial charge in [0.2, 0.25) is 0 Å². The Hall–Kier alpha value is 0.520. The Morgan fingerprint density at radius 2 is 1.37 bits per heavy atom. The number of rotatable bonds is 3. The van der Waals surface area contributed by atoms with Crippen molar-refractivity contribution in [1.29, 1.82) is 0 Å². The summed E-state index contributed by atoms with van der Waals surface area (Å²) in [6.45, 7) is 0. The van der Waals surface area contributed by atoms with Crippen LogP contribution in [0.4, 0.5) is 0 Å². The lowest BCUT2D eigenvalue weighted by atomic mass is 10.2. The van der Waals surface area contributed by atoms with Crippen molar-refractivity contribution < 1.29 is 14.3 Å². The van der Waals surface area contributed by atoms with E-state index in [9.17, 15) is 4.79 Å². The normalized spacial score (nSPS) is 12.2. The van der Waals surface area contributed by atoms with Crippen molar-refractivity contribution >= 4 is 86.4 Å². The smallest absolute Gasteiger partial charge is 0.338 e. The third-order valence-corrected chi connectivity index (χ3v) is 2.30. The van der Waals surface area contributed by atoms with E-state index in [-0.39, 0.29) is 17.1 Å². The van der Waals surface area contributed by atoms with Crippen LogP contribution >= 0.6 is 81.2 Å². The first kappa shape index (κ1) is 17.6. The molecule has 0 N–H and O–H groups in total. The fourth-order valence-corrected chi connectivity index (χ4v) is 1.66. The number of halogens is 7. The molecule has 10 heteroatoms. The zero-order chi connectivity index (χ0) is 14.8. The molecular formula is C9H3Cl7O3. The fraction of sp³-hybridized carbons (Fsp3) is 0.222. The summed E-state index contributed by atoms with van der Waals surface area (Å²) in [5.74, 6) is -0.175. The number of carbonyl (C=O) groups is 1. The van der Waals surface area contributed by atoms with Gasteiger partial charge in [0.15, 0.2) is 11.5 Å². The van der Waals surface area contributed by atoms with E-state index in [4.69, 9.17) is 90.7 Å². The molecule has 3 nitrogen and oxygen atoms in total. The Labute approximate surface area is 143 Å². The second kappa shape index (κ2) is 6.52. The molecule has 0 bridgehead atoms. The average molecular weight is 407 g/mol. The number of ether oxygens (including phenoxy) is 2. The molecule has 0 aliphatic rings. The SMILES string of the molecule is O=C(Cl)c1ccc(OC(Cl)(Cl)Cl)c(OC(Cl)(Cl)Cl)c1. The van der Waals surface area contributed by atoms with Crippen LogP contribution in [0.2, 0.25) is 0 Å². The molecule has 0 aliphatic heterocycles. The molecule has 0 radical (unpaired) electrons. The standard InChI is InChI=1S/C9H3Cl7O3/c10-7(17)4-1-2-5(18-8(11,12)13)6(3-4)19-9(14,15)16/h1-3H. The van der Waals surface area contributed by atoms with Gasteiger partial charge in [0.25, 0.3) is 5.24 Å². The summed E-state index contributed by atoms with van der Waals surface area (Å²) < 4.78 is 5.75. The lowest BCUT2D eigenvalue weighted by Gasteiger charge is -2.20. The minimum absolute atomic E-state index is 0.0482. The summed E-state index contributed by atoms with van der Waals surface area (Å²) in [4.78, 5) is 11.1. The lowest BCUT2D eigenvalue weighted by molar-refractivity contribution is 0.108. The van der Waals surface area contributed by atoms with Gasteiger partial charge in [0, 0.05) is 5.56 Å². The average Bonchev–Trinajstić information content (AvgIpc) is 2.15. The van der Waals surface area contributed by atoms with Crippen molar-refractivity contribution in [1.82, 2.24) is 0 Å². The van der Waals surface area contributed by atoms with E-state index in [0.717, 1.165) is 0 Å². The van der Waals surface area contributed by atoms with E-state index in [2.05, 4.69) is 0 Å². The predicted octanol–water partition coefficient (Wildman–Crippen LogP) is 5.48. The Kier molecular flexibility index (Phi) is 6.03. The summed E-state index contributed by atoms with van der Waals surface area (Å²) >= 11 is 38.2. The summed E-state index contributed by atoms with van der Waals surface area (Å²) in [5.41, 5.74) is 0.0857. The molecule has 0 aliphatic carbocycles. The van der Waals surface area contributed by atoms with Crippen LogP contribution in [-0.4, -0.2) is 13.2 Å². The van der Waals surface area contributed by atoms with Crippen LogP contribution in [0.5, 0.6) is 11.5 Å². The van der Waals surface area contributed by atoms with Crippen molar-refractivity contribution in [2.75, 3.05) is 0 Å². The van der Waals surface area contributed by atoms with Crippen LogP contribution in [0.1, 0.15) is 10.4 Å². The van der Waals surface area contributed by atoms with Crippen LogP contribution in [0.3, 0.4) is 0 Å².